The van der Waals surface area contributed by atoms with Crippen LogP contribution < -0.4 is 0 Å². The van der Waals surface area contributed by atoms with E-state index in [0.29, 0.717) is 13.2 Å². The monoisotopic (exact) mass is 583 g/mol. The number of carbonyl (C=O) groups excluding carboxylic acids is 1. The van der Waals surface area contributed by atoms with Gasteiger partial charge in [-0.3, -0.25) is 0 Å². The van der Waals surface area contributed by atoms with Gasteiger partial charge in [-0.15, -0.1) is 0 Å². The van der Waals surface area contributed by atoms with Crippen LogP contribution in [0.3, 0.4) is 0 Å². The van der Waals surface area contributed by atoms with Gasteiger partial charge in [0, 0.05) is 19.8 Å². The van der Waals surface area contributed by atoms with E-state index in [1.807, 2.05) is 0 Å². The molecule has 7 nitrogen and oxygen atoms in total. The Morgan fingerprint density at radius 1 is 0.634 bits per heavy atom. The molecule has 0 radical (unpaired) electrons. The second kappa shape index (κ2) is 33.1. The molecule has 0 spiro atoms. The highest BCUT2D eigenvalue weighted by Gasteiger charge is 2.10. The number of rotatable bonds is 31. The highest BCUT2D eigenvalue weighted by Crippen LogP contribution is 2.13. The first-order chi connectivity index (χ1) is 20.2. The van der Waals surface area contributed by atoms with E-state index >= 15 is 0 Å². The summed E-state index contributed by atoms with van der Waals surface area (Å²) < 4.78 is 22.1. The zero-order valence-corrected chi connectivity index (χ0v) is 27.0. The van der Waals surface area contributed by atoms with Crippen molar-refractivity contribution in [1.29, 1.82) is 0 Å². The minimum Gasteiger partial charge on any atom is -0.435 e. The molecule has 1 N–H and O–H groups in total. The molecular weight excluding hydrogens is 518 g/mol. The van der Waals surface area contributed by atoms with E-state index in [4.69, 9.17) is 18.9 Å². The first-order valence-electron chi connectivity index (χ1n) is 16.8. The highest BCUT2D eigenvalue weighted by atomic mass is 16.7. The van der Waals surface area contributed by atoms with Gasteiger partial charge in [-0.05, 0) is 110 Å². The summed E-state index contributed by atoms with van der Waals surface area (Å²) in [7, 11) is 0. The van der Waals surface area contributed by atoms with Crippen LogP contribution in [0.1, 0.15) is 130 Å². The van der Waals surface area contributed by atoms with Gasteiger partial charge < -0.3 is 29.0 Å². The summed E-state index contributed by atoms with van der Waals surface area (Å²) >= 11 is 0. The van der Waals surface area contributed by atoms with E-state index in [0.717, 1.165) is 110 Å². The number of ether oxygens (including phenoxy) is 4. The Bertz CT molecular complexity index is 574. The average molecular weight is 584 g/mol. The van der Waals surface area contributed by atoms with Gasteiger partial charge in [0.05, 0.1) is 19.8 Å². The lowest BCUT2D eigenvalue weighted by Gasteiger charge is -2.21. The fourth-order valence-electron chi connectivity index (χ4n) is 4.52. The van der Waals surface area contributed by atoms with Crippen LogP contribution in [0.2, 0.25) is 0 Å². The Hall–Kier alpha value is -1.41. The normalized spacial score (nSPS) is 12.0. The maximum atomic E-state index is 11.2. The van der Waals surface area contributed by atoms with Gasteiger partial charge in [-0.25, -0.2) is 4.79 Å². The number of allylic oxidation sites excluding steroid dienone is 4. The van der Waals surface area contributed by atoms with Crippen molar-refractivity contribution in [2.75, 3.05) is 52.7 Å². The van der Waals surface area contributed by atoms with Gasteiger partial charge in [0.15, 0.2) is 6.29 Å². The third kappa shape index (κ3) is 29.9. The molecule has 0 rings (SSSR count). The number of carbonyl (C=O) groups is 1. The lowest BCUT2D eigenvalue weighted by molar-refractivity contribution is -0.147. The van der Waals surface area contributed by atoms with Crippen molar-refractivity contribution >= 4 is 6.16 Å². The van der Waals surface area contributed by atoms with E-state index in [9.17, 15) is 9.90 Å². The lowest BCUT2D eigenvalue weighted by Crippen LogP contribution is -2.29. The summed E-state index contributed by atoms with van der Waals surface area (Å²) in [6, 6.07) is 0. The second-order valence-corrected chi connectivity index (χ2v) is 10.6. The van der Waals surface area contributed by atoms with Gasteiger partial charge in [0.2, 0.25) is 0 Å². The molecule has 0 fully saturated rings. The van der Waals surface area contributed by atoms with Crippen molar-refractivity contribution in [2.45, 2.75) is 136 Å². The minimum atomic E-state index is -0.581. The predicted molar refractivity (Wildman–Crippen MR) is 170 cm³/mol. The quantitative estimate of drug-likeness (QED) is 0.0379. The van der Waals surface area contributed by atoms with Crippen molar-refractivity contribution in [3.05, 3.63) is 24.3 Å². The van der Waals surface area contributed by atoms with Crippen LogP contribution in [0, 0.1) is 0 Å². The summed E-state index contributed by atoms with van der Waals surface area (Å²) in [4.78, 5) is 13.5. The molecule has 0 aromatic rings. The summed E-state index contributed by atoms with van der Waals surface area (Å²) in [5.41, 5.74) is 0. The molecule has 0 bridgehead atoms. The fourth-order valence-corrected chi connectivity index (χ4v) is 4.52. The van der Waals surface area contributed by atoms with Crippen LogP contribution in [-0.4, -0.2) is 75.1 Å². The van der Waals surface area contributed by atoms with Crippen LogP contribution in [0.25, 0.3) is 0 Å². The van der Waals surface area contributed by atoms with Crippen molar-refractivity contribution in [2.24, 2.45) is 0 Å². The van der Waals surface area contributed by atoms with E-state index in [1.165, 1.54) is 32.1 Å². The molecule has 0 amide bonds. The molecule has 0 unspecified atom stereocenters. The fraction of sp³-hybridized carbons (Fsp3) is 0.853. The minimum absolute atomic E-state index is 0.0740. The maximum absolute atomic E-state index is 11.2. The number of unbranched alkanes of at least 4 members (excludes halogenated alkanes) is 10. The molecule has 0 heterocycles. The Labute approximate surface area is 253 Å². The van der Waals surface area contributed by atoms with Crippen molar-refractivity contribution in [1.82, 2.24) is 4.90 Å². The van der Waals surface area contributed by atoms with Gasteiger partial charge in [0.25, 0.3) is 0 Å². The van der Waals surface area contributed by atoms with Crippen LogP contribution >= 0.6 is 0 Å². The molecular formula is C34H65NO6. The summed E-state index contributed by atoms with van der Waals surface area (Å²) in [6.45, 7) is 11.3. The number of hydrogen-bond donors (Lipinski definition) is 1. The molecule has 0 aliphatic carbocycles. The molecule has 0 aliphatic rings. The number of aliphatic hydroxyl groups excluding tert-OH is 1. The SMILES string of the molecule is CC/C=C\CCCCOC(CCCCCCCN(CCO)CCCCCOC(=O)OCC)OCCCC/C=C\CC. The van der Waals surface area contributed by atoms with E-state index < -0.39 is 6.16 Å². The van der Waals surface area contributed by atoms with E-state index in [1.54, 1.807) is 6.92 Å². The zero-order chi connectivity index (χ0) is 30.1. The van der Waals surface area contributed by atoms with Crippen molar-refractivity contribution in [3.63, 3.8) is 0 Å². The van der Waals surface area contributed by atoms with Gasteiger partial charge in [0.1, 0.15) is 0 Å². The molecule has 0 aliphatic heterocycles. The molecule has 0 saturated heterocycles. The molecule has 41 heavy (non-hydrogen) atoms. The van der Waals surface area contributed by atoms with Crippen molar-refractivity contribution < 1.29 is 28.8 Å². The number of hydrogen-bond acceptors (Lipinski definition) is 7. The standard InChI is InChI=1S/C34H65NO6/c1-4-7-9-11-16-22-30-39-33(40-31-23-17-12-10-8-5-2)25-19-14-13-15-20-26-35(28-29-36)27-21-18-24-32-41-34(37)38-6-3/h7-10,33,36H,4-6,11-32H2,1-3H3/b9-7-,10-8-. The Morgan fingerprint density at radius 3 is 1.73 bits per heavy atom. The van der Waals surface area contributed by atoms with Crippen LogP contribution in [0.15, 0.2) is 24.3 Å². The Balaban J connectivity index is 4.07. The summed E-state index contributed by atoms with van der Waals surface area (Å²) in [6.07, 6.45) is 27.1. The zero-order valence-electron chi connectivity index (χ0n) is 27.0. The molecule has 0 aromatic heterocycles. The van der Waals surface area contributed by atoms with Gasteiger partial charge in [-0.1, -0.05) is 57.4 Å². The molecule has 0 saturated carbocycles. The first-order valence-corrected chi connectivity index (χ1v) is 16.8. The van der Waals surface area contributed by atoms with Crippen LogP contribution in [0.4, 0.5) is 4.79 Å². The van der Waals surface area contributed by atoms with Gasteiger partial charge in [-0.2, -0.15) is 0 Å². The van der Waals surface area contributed by atoms with Crippen LogP contribution in [-0.2, 0) is 18.9 Å². The summed E-state index contributed by atoms with van der Waals surface area (Å²) in [5.74, 6) is 0. The van der Waals surface area contributed by atoms with E-state index in [-0.39, 0.29) is 12.9 Å². The lowest BCUT2D eigenvalue weighted by atomic mass is 10.1. The number of nitrogens with zero attached hydrogens (tertiary/aromatic N) is 1. The number of aliphatic hydroxyl groups is 1. The van der Waals surface area contributed by atoms with Crippen LogP contribution in [0.5, 0.6) is 0 Å². The maximum Gasteiger partial charge on any atom is 0.508 e. The molecule has 7 heteroatoms. The largest absolute Gasteiger partial charge is 0.508 e. The second-order valence-electron chi connectivity index (χ2n) is 10.6. The third-order valence-electron chi connectivity index (χ3n) is 6.87. The van der Waals surface area contributed by atoms with Gasteiger partial charge >= 0.3 is 6.16 Å². The van der Waals surface area contributed by atoms with Crippen molar-refractivity contribution in [3.8, 4) is 0 Å². The smallest absolute Gasteiger partial charge is 0.435 e. The van der Waals surface area contributed by atoms with E-state index in [2.05, 4.69) is 43.1 Å². The first kappa shape index (κ1) is 39.6. The third-order valence-corrected chi connectivity index (χ3v) is 6.87. The molecule has 0 aromatic carbocycles. The molecule has 0 atom stereocenters. The summed E-state index contributed by atoms with van der Waals surface area (Å²) in [5, 5.41) is 9.42. The molecule has 242 valence electrons. The topological polar surface area (TPSA) is 77.5 Å². The Kier molecular flexibility index (Phi) is 32.0. The predicted octanol–water partition coefficient (Wildman–Crippen LogP) is 8.60. The average Bonchev–Trinajstić information content (AvgIpc) is 2.97. The Morgan fingerprint density at radius 2 is 1.17 bits per heavy atom. The highest BCUT2D eigenvalue weighted by molar-refractivity contribution is 5.59.